The number of ether oxygens (including phenoxy) is 1. The number of hydrogen-bond donors (Lipinski definition) is 1. The molecule has 0 amide bonds. The number of rotatable bonds is 3. The van der Waals surface area contributed by atoms with Crippen LogP contribution in [0.25, 0.3) is 11.4 Å². The zero-order chi connectivity index (χ0) is 13.8. The van der Waals surface area contributed by atoms with Gasteiger partial charge in [-0.3, -0.25) is 0 Å². The molecule has 20 heavy (non-hydrogen) atoms. The van der Waals surface area contributed by atoms with Crippen molar-refractivity contribution < 1.29 is 4.74 Å². The maximum Gasteiger partial charge on any atom is 0.237 e. The molecule has 3 aromatic rings. The fourth-order valence-corrected chi connectivity index (χ4v) is 1.84. The van der Waals surface area contributed by atoms with Crippen molar-refractivity contribution in [1.82, 2.24) is 9.97 Å². The van der Waals surface area contributed by atoms with E-state index >= 15 is 0 Å². The second-order valence-corrected chi connectivity index (χ2v) is 4.16. The van der Waals surface area contributed by atoms with Crippen LogP contribution in [0.1, 0.15) is 5.56 Å². The third kappa shape index (κ3) is 2.38. The number of pyridine rings is 1. The number of aromatic nitrogens is 2. The van der Waals surface area contributed by atoms with Gasteiger partial charge in [0.2, 0.25) is 5.88 Å². The van der Waals surface area contributed by atoms with Crippen molar-refractivity contribution in [3.63, 3.8) is 0 Å². The summed E-state index contributed by atoms with van der Waals surface area (Å²) < 4.78 is 5.69. The highest BCUT2D eigenvalue weighted by molar-refractivity contribution is 5.57. The quantitative estimate of drug-likeness (QED) is 0.781. The minimum atomic E-state index is 0.311. The largest absolute Gasteiger partial charge is 0.438 e. The van der Waals surface area contributed by atoms with Crippen LogP contribution in [0.4, 0.5) is 0 Å². The van der Waals surface area contributed by atoms with Gasteiger partial charge in [-0.25, -0.2) is 4.98 Å². The Morgan fingerprint density at radius 2 is 1.85 bits per heavy atom. The first kappa shape index (κ1) is 12.0. The number of aromatic amines is 1. The zero-order valence-electron chi connectivity index (χ0n) is 10.6. The molecule has 2 heterocycles. The Hall–Kier alpha value is -3.06. The number of nitrogens with zero attached hydrogens (tertiary/aromatic N) is 2. The Bertz CT molecular complexity index is 743. The monoisotopic (exact) mass is 261 g/mol. The molecule has 4 heteroatoms. The highest BCUT2D eigenvalue weighted by atomic mass is 16.5. The molecular weight excluding hydrogens is 250 g/mol. The Morgan fingerprint density at radius 1 is 1.00 bits per heavy atom. The summed E-state index contributed by atoms with van der Waals surface area (Å²) in [6, 6.07) is 18.7. The summed E-state index contributed by atoms with van der Waals surface area (Å²) in [5.41, 5.74) is 2.02. The zero-order valence-corrected chi connectivity index (χ0v) is 10.6. The number of nitriles is 1. The molecule has 0 atom stereocenters. The Kier molecular flexibility index (Phi) is 3.17. The lowest BCUT2D eigenvalue weighted by molar-refractivity contribution is 0.462. The molecule has 0 aliphatic heterocycles. The van der Waals surface area contributed by atoms with Crippen LogP contribution in [0.5, 0.6) is 11.6 Å². The number of benzene rings is 1. The lowest BCUT2D eigenvalue weighted by Gasteiger charge is -2.07. The van der Waals surface area contributed by atoms with E-state index in [-0.39, 0.29) is 0 Å². The highest BCUT2D eigenvalue weighted by Crippen LogP contribution is 2.26. The molecule has 4 nitrogen and oxygen atoms in total. The molecule has 0 unspecified atom stereocenters. The third-order valence-electron chi connectivity index (χ3n) is 2.81. The first-order chi connectivity index (χ1) is 9.86. The Morgan fingerprint density at radius 3 is 2.55 bits per heavy atom. The molecule has 0 aliphatic rings. The molecular formula is C16H11N3O. The van der Waals surface area contributed by atoms with Crippen molar-refractivity contribution in [3.05, 3.63) is 66.4 Å². The van der Waals surface area contributed by atoms with E-state index in [4.69, 9.17) is 10.00 Å². The van der Waals surface area contributed by atoms with Crippen LogP contribution >= 0.6 is 0 Å². The maximum atomic E-state index is 9.14. The Balaban J connectivity index is 2.00. The van der Waals surface area contributed by atoms with Crippen LogP contribution in [-0.2, 0) is 0 Å². The summed E-state index contributed by atoms with van der Waals surface area (Å²) in [6.45, 7) is 0. The van der Waals surface area contributed by atoms with Gasteiger partial charge in [0, 0.05) is 6.20 Å². The smallest absolute Gasteiger partial charge is 0.237 e. The predicted molar refractivity (Wildman–Crippen MR) is 75.3 cm³/mol. The van der Waals surface area contributed by atoms with Crippen LogP contribution in [0.15, 0.2) is 60.8 Å². The van der Waals surface area contributed by atoms with Crippen molar-refractivity contribution in [1.29, 1.82) is 5.26 Å². The van der Waals surface area contributed by atoms with E-state index in [0.29, 0.717) is 17.2 Å². The van der Waals surface area contributed by atoms with E-state index in [1.54, 1.807) is 12.1 Å². The number of para-hydroxylation sites is 1. The lowest BCUT2D eigenvalue weighted by atomic mass is 10.2. The van der Waals surface area contributed by atoms with Crippen LogP contribution in [0.3, 0.4) is 0 Å². The van der Waals surface area contributed by atoms with Gasteiger partial charge in [0.25, 0.3) is 0 Å². The van der Waals surface area contributed by atoms with Gasteiger partial charge in [-0.05, 0) is 36.4 Å². The molecule has 0 saturated carbocycles. The summed E-state index contributed by atoms with van der Waals surface area (Å²) in [4.78, 5) is 7.49. The maximum absolute atomic E-state index is 9.14. The second kappa shape index (κ2) is 5.29. The summed E-state index contributed by atoms with van der Waals surface area (Å²) in [5.74, 6) is 0.964. The predicted octanol–water partition coefficient (Wildman–Crippen LogP) is 3.74. The minimum Gasteiger partial charge on any atom is -0.438 e. The first-order valence-electron chi connectivity index (χ1n) is 6.14. The lowest BCUT2D eigenvalue weighted by Crippen LogP contribution is -1.94. The van der Waals surface area contributed by atoms with E-state index in [1.165, 1.54) is 0 Å². The molecule has 96 valence electrons. The summed E-state index contributed by atoms with van der Waals surface area (Å²) in [7, 11) is 0. The van der Waals surface area contributed by atoms with Gasteiger partial charge >= 0.3 is 0 Å². The number of H-pyrrole nitrogens is 1. The van der Waals surface area contributed by atoms with E-state index in [9.17, 15) is 0 Å². The van der Waals surface area contributed by atoms with Crippen molar-refractivity contribution >= 4 is 0 Å². The van der Waals surface area contributed by atoms with E-state index in [2.05, 4.69) is 16.0 Å². The summed E-state index contributed by atoms with van der Waals surface area (Å²) in [5, 5.41) is 9.14. The standard InChI is InChI=1S/C16H11N3O/c17-11-12-8-9-15(14-7-4-10-18-14)19-16(12)20-13-5-2-1-3-6-13/h1-10,18H. The van der Waals surface area contributed by atoms with Gasteiger partial charge < -0.3 is 9.72 Å². The van der Waals surface area contributed by atoms with Crippen molar-refractivity contribution in [3.8, 4) is 29.1 Å². The first-order valence-corrected chi connectivity index (χ1v) is 6.14. The molecule has 2 aromatic heterocycles. The van der Waals surface area contributed by atoms with Crippen molar-refractivity contribution in [2.45, 2.75) is 0 Å². The van der Waals surface area contributed by atoms with Crippen LogP contribution in [0.2, 0.25) is 0 Å². The van der Waals surface area contributed by atoms with E-state index < -0.39 is 0 Å². The highest BCUT2D eigenvalue weighted by Gasteiger charge is 2.09. The van der Waals surface area contributed by atoms with Crippen LogP contribution < -0.4 is 4.74 Å². The molecule has 1 N–H and O–H groups in total. The minimum absolute atomic E-state index is 0.311. The van der Waals surface area contributed by atoms with E-state index in [1.807, 2.05) is 48.7 Å². The summed E-state index contributed by atoms with van der Waals surface area (Å²) >= 11 is 0. The van der Waals surface area contributed by atoms with Gasteiger partial charge in [0.15, 0.2) is 0 Å². The Labute approximate surface area is 116 Å². The van der Waals surface area contributed by atoms with Gasteiger partial charge in [0.1, 0.15) is 17.4 Å². The molecule has 3 rings (SSSR count). The van der Waals surface area contributed by atoms with Gasteiger partial charge in [0.05, 0.1) is 11.4 Å². The molecule has 0 bridgehead atoms. The van der Waals surface area contributed by atoms with Crippen LogP contribution in [0, 0.1) is 11.3 Å². The fraction of sp³-hybridized carbons (Fsp3) is 0. The molecule has 0 fully saturated rings. The van der Waals surface area contributed by atoms with Crippen molar-refractivity contribution in [2.75, 3.05) is 0 Å². The number of hydrogen-bond acceptors (Lipinski definition) is 3. The van der Waals surface area contributed by atoms with E-state index in [0.717, 1.165) is 11.4 Å². The second-order valence-electron chi connectivity index (χ2n) is 4.16. The van der Waals surface area contributed by atoms with Gasteiger partial charge in [-0.1, -0.05) is 18.2 Å². The SMILES string of the molecule is N#Cc1ccc(-c2ccc[nH]2)nc1Oc1ccccc1. The fourth-order valence-electron chi connectivity index (χ4n) is 1.84. The average molecular weight is 261 g/mol. The average Bonchev–Trinajstić information content (AvgIpc) is 3.02. The normalized spacial score (nSPS) is 9.95. The molecule has 0 saturated heterocycles. The topological polar surface area (TPSA) is 61.7 Å². The third-order valence-corrected chi connectivity index (χ3v) is 2.81. The van der Waals surface area contributed by atoms with Gasteiger partial charge in [-0.2, -0.15) is 5.26 Å². The molecule has 0 aliphatic carbocycles. The van der Waals surface area contributed by atoms with Crippen molar-refractivity contribution in [2.24, 2.45) is 0 Å². The van der Waals surface area contributed by atoms with Crippen LogP contribution in [-0.4, -0.2) is 9.97 Å². The molecule has 1 aromatic carbocycles. The molecule has 0 radical (unpaired) electrons. The number of nitrogens with one attached hydrogen (secondary N) is 1. The summed E-state index contributed by atoms with van der Waals surface area (Å²) in [6.07, 6.45) is 1.83. The molecule has 0 spiro atoms. The van der Waals surface area contributed by atoms with Gasteiger partial charge in [-0.15, -0.1) is 0 Å².